The van der Waals surface area contributed by atoms with E-state index in [0.29, 0.717) is 5.75 Å². The van der Waals surface area contributed by atoms with E-state index >= 15 is 0 Å². The molecule has 3 aromatic rings. The van der Waals surface area contributed by atoms with Crippen molar-refractivity contribution in [3.63, 3.8) is 0 Å². The number of aromatic nitrogens is 2. The van der Waals surface area contributed by atoms with E-state index in [1.807, 2.05) is 48.7 Å². The molecule has 0 aliphatic carbocycles. The Morgan fingerprint density at radius 1 is 1.09 bits per heavy atom. The van der Waals surface area contributed by atoms with E-state index < -0.39 is 6.04 Å². The van der Waals surface area contributed by atoms with E-state index in [4.69, 9.17) is 9.47 Å². The molecule has 0 saturated carbocycles. The molecule has 1 heterocycles. The molecular weight excluding hydrogens is 406 g/mol. The molecule has 1 atom stereocenters. The third kappa shape index (κ3) is 6.57. The number of nitrogens with one attached hydrogen (secondary N) is 1. The highest BCUT2D eigenvalue weighted by Crippen LogP contribution is 2.21. The van der Waals surface area contributed by atoms with Gasteiger partial charge in [-0.05, 0) is 49.8 Å². The summed E-state index contributed by atoms with van der Waals surface area (Å²) in [4.78, 5) is 24.8. The summed E-state index contributed by atoms with van der Waals surface area (Å²) >= 11 is 0. The van der Waals surface area contributed by atoms with E-state index in [9.17, 15) is 9.59 Å². The Balaban J connectivity index is 1.69. The first-order valence-corrected chi connectivity index (χ1v) is 10.4. The molecule has 1 N–H and O–H groups in total. The molecular formula is C25H27N3O4. The molecule has 3 rings (SSSR count). The predicted molar refractivity (Wildman–Crippen MR) is 122 cm³/mol. The van der Waals surface area contributed by atoms with Crippen molar-refractivity contribution in [1.29, 1.82) is 0 Å². The number of carbonyl (C=O) groups is 2. The topological polar surface area (TPSA) is 82.4 Å². The largest absolute Gasteiger partial charge is 0.497 e. The number of hydrogen-bond donors (Lipinski definition) is 1. The lowest BCUT2D eigenvalue weighted by atomic mass is 10.0. The predicted octanol–water partition coefficient (Wildman–Crippen LogP) is 4.09. The van der Waals surface area contributed by atoms with Crippen molar-refractivity contribution in [3.05, 3.63) is 84.2 Å². The van der Waals surface area contributed by atoms with Crippen molar-refractivity contribution >= 4 is 18.0 Å². The maximum atomic E-state index is 12.6. The van der Waals surface area contributed by atoms with Crippen LogP contribution >= 0.6 is 0 Å². The van der Waals surface area contributed by atoms with E-state index in [-0.39, 0.29) is 24.4 Å². The average Bonchev–Trinajstić information content (AvgIpc) is 3.26. The highest BCUT2D eigenvalue weighted by atomic mass is 16.5. The van der Waals surface area contributed by atoms with Gasteiger partial charge in [-0.2, -0.15) is 5.10 Å². The van der Waals surface area contributed by atoms with Crippen molar-refractivity contribution in [2.45, 2.75) is 32.4 Å². The minimum absolute atomic E-state index is 0.0238. The highest BCUT2D eigenvalue weighted by Gasteiger charge is 2.19. The molecule has 1 unspecified atom stereocenters. The maximum absolute atomic E-state index is 12.6. The molecule has 0 radical (unpaired) electrons. The Labute approximate surface area is 187 Å². The van der Waals surface area contributed by atoms with Gasteiger partial charge in [0.1, 0.15) is 5.75 Å². The number of para-hydroxylation sites is 1. The van der Waals surface area contributed by atoms with Crippen LogP contribution in [-0.4, -0.2) is 34.9 Å². The molecule has 32 heavy (non-hydrogen) atoms. The van der Waals surface area contributed by atoms with Crippen LogP contribution in [0.4, 0.5) is 0 Å². The molecule has 1 amide bonds. The summed E-state index contributed by atoms with van der Waals surface area (Å²) in [5, 5.41) is 7.21. The van der Waals surface area contributed by atoms with Gasteiger partial charge in [0.05, 0.1) is 37.6 Å². The number of nitrogens with zero attached hydrogens (tertiary/aromatic N) is 2. The molecule has 0 bridgehead atoms. The van der Waals surface area contributed by atoms with Crippen LogP contribution in [0.3, 0.4) is 0 Å². The Kier molecular flexibility index (Phi) is 7.80. The van der Waals surface area contributed by atoms with Gasteiger partial charge in [0.2, 0.25) is 5.91 Å². The van der Waals surface area contributed by atoms with Gasteiger partial charge in [-0.15, -0.1) is 0 Å². The molecule has 0 fully saturated rings. The molecule has 0 saturated heterocycles. The first-order valence-electron chi connectivity index (χ1n) is 10.4. The fourth-order valence-electron chi connectivity index (χ4n) is 3.10. The second-order valence-corrected chi connectivity index (χ2v) is 7.46. The van der Waals surface area contributed by atoms with E-state index in [1.54, 1.807) is 50.0 Å². The molecule has 7 heteroatoms. The molecule has 166 valence electrons. The molecule has 1 aromatic heterocycles. The standard InChI is InChI=1S/C25H27N3O4/c1-18(2)32-25(30)15-23(20-10-12-22(31-3)13-11-20)27-24(29)14-9-19-16-26-28(17-19)21-7-5-4-6-8-21/h4-14,16-18,23H,15H2,1-3H3,(H,27,29)/b14-9+. The zero-order valence-electron chi connectivity index (χ0n) is 18.4. The normalized spacial score (nSPS) is 12.0. The fourth-order valence-corrected chi connectivity index (χ4v) is 3.10. The van der Waals surface area contributed by atoms with Crippen molar-refractivity contribution in [3.8, 4) is 11.4 Å². The van der Waals surface area contributed by atoms with Crippen LogP contribution in [-0.2, 0) is 14.3 Å². The van der Waals surface area contributed by atoms with Crippen LogP contribution < -0.4 is 10.1 Å². The van der Waals surface area contributed by atoms with Gasteiger partial charge in [0.15, 0.2) is 0 Å². The van der Waals surface area contributed by atoms with Crippen molar-refractivity contribution < 1.29 is 19.1 Å². The summed E-state index contributed by atoms with van der Waals surface area (Å²) in [7, 11) is 1.58. The second-order valence-electron chi connectivity index (χ2n) is 7.46. The Hall–Kier alpha value is -3.87. The van der Waals surface area contributed by atoms with Crippen molar-refractivity contribution in [1.82, 2.24) is 15.1 Å². The number of amides is 1. The van der Waals surface area contributed by atoms with Crippen molar-refractivity contribution in [2.75, 3.05) is 7.11 Å². The molecule has 7 nitrogen and oxygen atoms in total. The summed E-state index contributed by atoms with van der Waals surface area (Å²) in [5.41, 5.74) is 2.49. The average molecular weight is 434 g/mol. The summed E-state index contributed by atoms with van der Waals surface area (Å²) < 4.78 is 12.2. The van der Waals surface area contributed by atoms with Gasteiger partial charge in [0, 0.05) is 17.8 Å². The second kappa shape index (κ2) is 10.9. The number of ether oxygens (including phenoxy) is 2. The maximum Gasteiger partial charge on any atom is 0.308 e. The SMILES string of the molecule is COc1ccc(C(CC(=O)OC(C)C)NC(=O)/C=C/c2cnn(-c3ccccc3)c2)cc1. The van der Waals surface area contributed by atoms with Crippen molar-refractivity contribution in [2.24, 2.45) is 0 Å². The van der Waals surface area contributed by atoms with Crippen LogP contribution in [0.2, 0.25) is 0 Å². The Bertz CT molecular complexity index is 1060. The number of hydrogen-bond acceptors (Lipinski definition) is 5. The Morgan fingerprint density at radius 3 is 2.47 bits per heavy atom. The van der Waals surface area contributed by atoms with Gasteiger partial charge in [-0.25, -0.2) is 4.68 Å². The van der Waals surface area contributed by atoms with Crippen LogP contribution in [0.5, 0.6) is 5.75 Å². The lowest BCUT2D eigenvalue weighted by Gasteiger charge is -2.19. The number of methoxy groups -OCH3 is 1. The zero-order valence-corrected chi connectivity index (χ0v) is 18.4. The lowest BCUT2D eigenvalue weighted by molar-refractivity contribution is -0.148. The summed E-state index contributed by atoms with van der Waals surface area (Å²) in [6, 6.07) is 16.4. The van der Waals surface area contributed by atoms with Gasteiger partial charge < -0.3 is 14.8 Å². The molecule has 0 spiro atoms. The Morgan fingerprint density at radius 2 is 1.81 bits per heavy atom. The first-order chi connectivity index (χ1) is 15.4. The summed E-state index contributed by atoms with van der Waals surface area (Å²) in [6.45, 7) is 3.58. The number of esters is 1. The smallest absolute Gasteiger partial charge is 0.308 e. The third-order valence-electron chi connectivity index (χ3n) is 4.62. The van der Waals surface area contributed by atoms with Crippen LogP contribution in [0.25, 0.3) is 11.8 Å². The quantitative estimate of drug-likeness (QED) is 0.406. The van der Waals surface area contributed by atoms with Gasteiger partial charge in [-0.1, -0.05) is 30.3 Å². The minimum Gasteiger partial charge on any atom is -0.497 e. The lowest BCUT2D eigenvalue weighted by Crippen LogP contribution is -2.29. The van der Waals surface area contributed by atoms with E-state index in [1.165, 1.54) is 6.08 Å². The number of rotatable bonds is 9. The van der Waals surface area contributed by atoms with E-state index in [0.717, 1.165) is 16.8 Å². The third-order valence-corrected chi connectivity index (χ3v) is 4.62. The number of benzene rings is 2. The van der Waals surface area contributed by atoms with Crippen LogP contribution in [0, 0.1) is 0 Å². The summed E-state index contributed by atoms with van der Waals surface area (Å²) in [6.07, 6.45) is 6.42. The van der Waals surface area contributed by atoms with E-state index in [2.05, 4.69) is 10.4 Å². The molecule has 0 aliphatic rings. The minimum atomic E-state index is -0.531. The van der Waals surface area contributed by atoms with Crippen LogP contribution in [0.15, 0.2) is 73.1 Å². The van der Waals surface area contributed by atoms with Gasteiger partial charge in [-0.3, -0.25) is 9.59 Å². The monoisotopic (exact) mass is 433 g/mol. The highest BCUT2D eigenvalue weighted by molar-refractivity contribution is 5.92. The molecule has 0 aliphatic heterocycles. The van der Waals surface area contributed by atoms with Gasteiger partial charge >= 0.3 is 5.97 Å². The fraction of sp³-hybridized carbons (Fsp3) is 0.240. The first kappa shape index (κ1) is 22.8. The van der Waals surface area contributed by atoms with Crippen LogP contribution in [0.1, 0.15) is 37.4 Å². The molecule has 2 aromatic carbocycles. The number of carbonyl (C=O) groups excluding carboxylic acids is 2. The zero-order chi connectivity index (χ0) is 22.9. The van der Waals surface area contributed by atoms with Gasteiger partial charge in [0.25, 0.3) is 0 Å². The summed E-state index contributed by atoms with van der Waals surface area (Å²) in [5.74, 6) is -0.0104.